The molecule has 104 heavy (non-hydrogen) atoms. The van der Waals surface area contributed by atoms with Crippen molar-refractivity contribution < 1.29 is 114 Å². The maximum absolute atomic E-state index is 15.5. The van der Waals surface area contributed by atoms with E-state index in [4.69, 9.17) is 47.4 Å². The first-order valence-corrected chi connectivity index (χ1v) is 35.4. The van der Waals surface area contributed by atoms with Gasteiger partial charge in [-0.3, -0.25) is 67.1 Å². The van der Waals surface area contributed by atoms with Gasteiger partial charge in [0.2, 0.25) is 35.4 Å². The summed E-state index contributed by atoms with van der Waals surface area (Å²) in [6.45, 7) is 1.81. The second-order valence-electron chi connectivity index (χ2n) is 24.4. The van der Waals surface area contributed by atoms with Gasteiger partial charge in [0.1, 0.15) is 62.5 Å². The summed E-state index contributed by atoms with van der Waals surface area (Å²) in [5.41, 5.74) is -0.411. The number of carbonyl (C=O) groups is 14. The highest BCUT2D eigenvalue weighted by atomic mass is 32.2. The molecule has 7 rings (SSSR count). The normalized spacial score (nSPS) is 22.5. The fraction of sp³-hybridized carbons (Fsp3) is 0.472. The summed E-state index contributed by atoms with van der Waals surface area (Å²) in [6, 6.07) is 34.4. The minimum atomic E-state index is -1.53. The molecule has 560 valence electrons. The molecule has 0 aliphatic carbocycles. The SMILES string of the molecule is CC(=O)OC[C@H]1O[C@@H](SCCN2CC(=O)N(Cc3ccccc3)CC(=O)N(Cc3ccccc3)CC(=O)N(CCS[C@@H]3O[C@H](COC(C)=O)[C@H](OC(C)=O)[C@H](OC(C)=O)[C@H]3OC(C)=O)CC(=O)N(Cc3ccccc3)CC(=O)N(Cc3ccccc3)CC2=O)[C@H](OC(C)=O)[C@@H](OC(C)=O)[C@H]1OC(C)=O. The topological polar surface area (TPSA) is 351 Å². The average Bonchev–Trinajstić information content (AvgIpc) is 0.792. The van der Waals surface area contributed by atoms with Gasteiger partial charge in [-0.25, -0.2) is 0 Å². The van der Waals surface area contributed by atoms with Crippen molar-refractivity contribution in [3.63, 3.8) is 0 Å². The van der Waals surface area contributed by atoms with Crippen LogP contribution >= 0.6 is 23.5 Å². The van der Waals surface area contributed by atoms with E-state index in [1.807, 2.05) is 0 Å². The lowest BCUT2D eigenvalue weighted by atomic mass is 9.99. The molecule has 3 heterocycles. The zero-order valence-corrected chi connectivity index (χ0v) is 60.6. The Balaban J connectivity index is 1.32. The monoisotopic (exact) mass is 1480 g/mol. The molecule has 6 amide bonds. The van der Waals surface area contributed by atoms with Gasteiger partial charge < -0.3 is 76.8 Å². The second-order valence-corrected chi connectivity index (χ2v) is 26.9. The fourth-order valence-electron chi connectivity index (χ4n) is 11.5. The summed E-state index contributed by atoms with van der Waals surface area (Å²) in [7, 11) is 0. The molecule has 0 spiro atoms. The number of nitrogens with zero attached hydrogens (tertiary/aromatic N) is 6. The Hall–Kier alpha value is -9.92. The average molecular weight is 1480 g/mol. The van der Waals surface area contributed by atoms with Crippen LogP contribution in [-0.2, 0) is 141 Å². The van der Waals surface area contributed by atoms with Crippen LogP contribution in [0, 0.1) is 0 Å². The van der Waals surface area contributed by atoms with Crippen LogP contribution in [-0.4, -0.2) is 249 Å². The molecule has 0 N–H and O–H groups in total. The van der Waals surface area contributed by atoms with Crippen LogP contribution in [0.5, 0.6) is 0 Å². The largest absolute Gasteiger partial charge is 0.463 e. The Morgan fingerprint density at radius 3 is 0.779 bits per heavy atom. The molecule has 3 fully saturated rings. The van der Waals surface area contributed by atoms with Gasteiger partial charge in [-0.05, 0) is 22.3 Å². The van der Waals surface area contributed by atoms with Crippen molar-refractivity contribution in [2.75, 3.05) is 77.1 Å². The molecular formula is C72H86N6O24S2. The third-order valence-electron chi connectivity index (χ3n) is 16.1. The van der Waals surface area contributed by atoms with Crippen molar-refractivity contribution >= 4 is 107 Å². The summed E-state index contributed by atoms with van der Waals surface area (Å²) < 4.78 is 57.2. The maximum atomic E-state index is 15.5. The van der Waals surface area contributed by atoms with E-state index in [9.17, 15) is 38.4 Å². The Bertz CT molecular complexity index is 3340. The Morgan fingerprint density at radius 1 is 0.317 bits per heavy atom. The van der Waals surface area contributed by atoms with Crippen molar-refractivity contribution in [2.45, 2.75) is 141 Å². The lowest BCUT2D eigenvalue weighted by Crippen LogP contribution is -2.61. The molecule has 0 bridgehead atoms. The lowest BCUT2D eigenvalue weighted by Gasteiger charge is -2.44. The van der Waals surface area contributed by atoms with E-state index in [2.05, 4.69) is 0 Å². The van der Waals surface area contributed by atoms with Crippen molar-refractivity contribution in [3.8, 4) is 0 Å². The first-order chi connectivity index (χ1) is 49.6. The number of carbonyl (C=O) groups excluding carboxylic acids is 14. The summed E-state index contributed by atoms with van der Waals surface area (Å²) in [6.07, 6.45) is -11.7. The van der Waals surface area contributed by atoms with Gasteiger partial charge in [-0.2, -0.15) is 0 Å². The molecule has 4 aromatic carbocycles. The van der Waals surface area contributed by atoms with Gasteiger partial charge in [0.15, 0.2) is 36.6 Å². The Labute approximate surface area is 609 Å². The van der Waals surface area contributed by atoms with Gasteiger partial charge >= 0.3 is 47.8 Å². The zero-order chi connectivity index (χ0) is 75.6. The minimum absolute atomic E-state index is 0.166. The molecule has 3 saturated heterocycles. The molecule has 3 aliphatic rings. The number of esters is 8. The van der Waals surface area contributed by atoms with E-state index < -0.39 is 195 Å². The summed E-state index contributed by atoms with van der Waals surface area (Å²) in [4.78, 5) is 200. The third kappa shape index (κ3) is 25.8. The van der Waals surface area contributed by atoms with Crippen LogP contribution in [0.15, 0.2) is 121 Å². The number of hydrogen-bond donors (Lipinski definition) is 0. The van der Waals surface area contributed by atoms with Crippen LogP contribution in [0.25, 0.3) is 0 Å². The van der Waals surface area contributed by atoms with E-state index >= 15 is 28.8 Å². The van der Waals surface area contributed by atoms with Crippen LogP contribution in [0.2, 0.25) is 0 Å². The number of hydrogen-bond acceptors (Lipinski definition) is 26. The molecule has 4 aromatic rings. The van der Waals surface area contributed by atoms with Gasteiger partial charge in [0, 0.05) is 106 Å². The Morgan fingerprint density at radius 2 is 0.538 bits per heavy atom. The van der Waals surface area contributed by atoms with Gasteiger partial charge in [0.05, 0.1) is 13.1 Å². The van der Waals surface area contributed by atoms with Crippen LogP contribution in [0.4, 0.5) is 0 Å². The van der Waals surface area contributed by atoms with Crippen molar-refractivity contribution in [1.82, 2.24) is 29.4 Å². The Kier molecular flexibility index (Phi) is 31.5. The smallest absolute Gasteiger partial charge is 0.303 e. The molecule has 10 atom stereocenters. The highest BCUT2D eigenvalue weighted by Gasteiger charge is 2.54. The molecule has 0 aromatic heterocycles. The highest BCUT2D eigenvalue weighted by Crippen LogP contribution is 2.37. The maximum Gasteiger partial charge on any atom is 0.303 e. The molecule has 0 radical (unpaired) electrons. The van der Waals surface area contributed by atoms with Gasteiger partial charge in [-0.1, -0.05) is 121 Å². The van der Waals surface area contributed by atoms with E-state index in [1.165, 1.54) is 19.6 Å². The van der Waals surface area contributed by atoms with Crippen molar-refractivity contribution in [1.29, 1.82) is 0 Å². The van der Waals surface area contributed by atoms with Gasteiger partial charge in [0.25, 0.3) is 0 Å². The quantitative estimate of drug-likeness (QED) is 0.0642. The van der Waals surface area contributed by atoms with E-state index in [0.29, 0.717) is 22.3 Å². The lowest BCUT2D eigenvalue weighted by molar-refractivity contribution is -0.237. The number of rotatable bonds is 26. The number of ether oxygens (including phenoxy) is 10. The number of benzene rings is 4. The first kappa shape index (κ1) is 81.4. The van der Waals surface area contributed by atoms with Crippen LogP contribution < -0.4 is 0 Å². The minimum Gasteiger partial charge on any atom is -0.463 e. The molecule has 32 heteroatoms. The van der Waals surface area contributed by atoms with E-state index in [1.54, 1.807) is 121 Å². The number of amides is 6. The summed E-state index contributed by atoms with van der Waals surface area (Å²) >= 11 is 1.85. The summed E-state index contributed by atoms with van der Waals surface area (Å²) in [5, 5.41) is 0. The fourth-order valence-corrected chi connectivity index (χ4v) is 13.9. The predicted octanol–water partition coefficient (Wildman–Crippen LogP) is 3.41. The van der Waals surface area contributed by atoms with Crippen LogP contribution in [0.1, 0.15) is 77.6 Å². The third-order valence-corrected chi connectivity index (χ3v) is 18.4. The predicted molar refractivity (Wildman–Crippen MR) is 369 cm³/mol. The van der Waals surface area contributed by atoms with Crippen LogP contribution in [0.3, 0.4) is 0 Å². The zero-order valence-electron chi connectivity index (χ0n) is 58.9. The molecule has 0 saturated carbocycles. The molecular weight excluding hydrogens is 1400 g/mol. The highest BCUT2D eigenvalue weighted by molar-refractivity contribution is 8.00. The molecule has 3 aliphatic heterocycles. The van der Waals surface area contributed by atoms with Crippen molar-refractivity contribution in [2.24, 2.45) is 0 Å². The molecule has 30 nitrogen and oxygen atoms in total. The second kappa shape index (κ2) is 40.2. The van der Waals surface area contributed by atoms with E-state index in [0.717, 1.165) is 88.7 Å². The standard InChI is InChI=1S/C72H86N6O24S2/c1-45(79)93-43-57-65(95-47(3)81)67(97-49(5)83)69(99-51(7)85)71(101-57)103-31-29-73-37-61(89)77(35-55-25-17-11-18-26-55)41-64(92)76(34-54-23-15-10-16-24-54)40-60(88)74(30-32-104-72-70(100-52(8)86)68(98-50(6)84)66(96-48(4)82)58(102-72)44-94-46(2)80)38-62(90)78(36-56-27-19-12-20-28-56)42-63(91)75(39-59(73)87)33-53-21-13-9-14-22-53/h9-28,57-58,65-72H,29-44H2,1-8H3/t57-,58-,65+,66+,67+,68+,69-,70-,71+,72+/m1/s1. The van der Waals surface area contributed by atoms with E-state index in [-0.39, 0.29) is 50.8 Å². The summed E-state index contributed by atoms with van der Waals surface area (Å²) in [5.74, 6) is -11.6. The molecule has 0 unspecified atom stereocenters. The number of thioether (sulfide) groups is 2. The van der Waals surface area contributed by atoms with Gasteiger partial charge in [-0.15, -0.1) is 23.5 Å². The first-order valence-electron chi connectivity index (χ1n) is 33.3. The van der Waals surface area contributed by atoms with Crippen molar-refractivity contribution in [3.05, 3.63) is 144 Å².